The number of carbonyl (C=O) groups excluding carboxylic acids is 1. The SMILES string of the molecule is NNC(=O)c1ccc(-c2ccc3c(c2)OCCO3)[nH]c1=O. The number of fused-ring (bicyclic) bond motifs is 1. The summed E-state index contributed by atoms with van der Waals surface area (Å²) >= 11 is 0. The average molecular weight is 287 g/mol. The van der Waals surface area contributed by atoms with Gasteiger partial charge in [0.2, 0.25) is 0 Å². The third kappa shape index (κ3) is 2.46. The largest absolute Gasteiger partial charge is 0.486 e. The van der Waals surface area contributed by atoms with Crippen molar-refractivity contribution in [2.45, 2.75) is 0 Å². The monoisotopic (exact) mass is 287 g/mol. The van der Waals surface area contributed by atoms with E-state index in [0.29, 0.717) is 30.4 Å². The second kappa shape index (κ2) is 5.29. The molecule has 0 atom stereocenters. The maximum Gasteiger partial charge on any atom is 0.270 e. The first kappa shape index (κ1) is 13.2. The van der Waals surface area contributed by atoms with Crippen LogP contribution in [0.3, 0.4) is 0 Å². The van der Waals surface area contributed by atoms with Crippen molar-refractivity contribution in [3.63, 3.8) is 0 Å². The van der Waals surface area contributed by atoms with E-state index in [1.54, 1.807) is 18.2 Å². The van der Waals surface area contributed by atoms with Gasteiger partial charge in [0.1, 0.15) is 18.8 Å². The number of hydrogen-bond donors (Lipinski definition) is 3. The highest BCUT2D eigenvalue weighted by Gasteiger charge is 2.14. The molecule has 7 nitrogen and oxygen atoms in total. The average Bonchev–Trinajstić information content (AvgIpc) is 2.53. The van der Waals surface area contributed by atoms with Crippen molar-refractivity contribution in [1.29, 1.82) is 0 Å². The number of ether oxygens (including phenoxy) is 2. The number of aromatic amines is 1. The molecule has 3 rings (SSSR count). The van der Waals surface area contributed by atoms with Gasteiger partial charge in [-0.3, -0.25) is 15.0 Å². The highest BCUT2D eigenvalue weighted by molar-refractivity contribution is 5.93. The summed E-state index contributed by atoms with van der Waals surface area (Å²) < 4.78 is 10.9. The fourth-order valence-electron chi connectivity index (χ4n) is 2.11. The van der Waals surface area contributed by atoms with Crippen LogP contribution in [-0.4, -0.2) is 24.1 Å². The van der Waals surface area contributed by atoms with Crippen LogP contribution in [-0.2, 0) is 0 Å². The van der Waals surface area contributed by atoms with Gasteiger partial charge >= 0.3 is 0 Å². The van der Waals surface area contributed by atoms with Crippen LogP contribution >= 0.6 is 0 Å². The number of hydrazine groups is 1. The van der Waals surface area contributed by atoms with Gasteiger partial charge in [-0.25, -0.2) is 5.84 Å². The lowest BCUT2D eigenvalue weighted by Gasteiger charge is -2.18. The van der Waals surface area contributed by atoms with Crippen molar-refractivity contribution >= 4 is 5.91 Å². The summed E-state index contributed by atoms with van der Waals surface area (Å²) in [6.45, 7) is 1.01. The smallest absolute Gasteiger partial charge is 0.270 e. The van der Waals surface area contributed by atoms with Crippen LogP contribution in [0.2, 0.25) is 0 Å². The van der Waals surface area contributed by atoms with Crippen LogP contribution in [0.1, 0.15) is 10.4 Å². The second-order valence-electron chi connectivity index (χ2n) is 4.45. The highest BCUT2D eigenvalue weighted by atomic mass is 16.6. The molecule has 0 unspecified atom stereocenters. The predicted molar refractivity (Wildman–Crippen MR) is 75.1 cm³/mol. The lowest BCUT2D eigenvalue weighted by molar-refractivity contribution is 0.0952. The minimum atomic E-state index is -0.634. The van der Waals surface area contributed by atoms with E-state index >= 15 is 0 Å². The molecule has 0 saturated carbocycles. The van der Waals surface area contributed by atoms with Crippen molar-refractivity contribution in [3.8, 4) is 22.8 Å². The molecule has 1 aliphatic rings. The van der Waals surface area contributed by atoms with Crippen molar-refractivity contribution in [3.05, 3.63) is 46.2 Å². The number of nitrogens with one attached hydrogen (secondary N) is 2. The molecule has 2 heterocycles. The molecule has 0 radical (unpaired) electrons. The Morgan fingerprint density at radius 3 is 2.62 bits per heavy atom. The van der Waals surface area contributed by atoms with E-state index in [9.17, 15) is 9.59 Å². The summed E-state index contributed by atoms with van der Waals surface area (Å²) in [5, 5.41) is 0. The maximum absolute atomic E-state index is 11.9. The Balaban J connectivity index is 1.99. The normalized spacial score (nSPS) is 12.8. The molecule has 1 aromatic heterocycles. The van der Waals surface area contributed by atoms with E-state index in [-0.39, 0.29) is 5.56 Å². The Kier molecular flexibility index (Phi) is 3.33. The Morgan fingerprint density at radius 1 is 1.14 bits per heavy atom. The summed E-state index contributed by atoms with van der Waals surface area (Å²) in [5.74, 6) is 5.68. The minimum absolute atomic E-state index is 0.0428. The van der Waals surface area contributed by atoms with Crippen LogP contribution in [0.5, 0.6) is 11.5 Å². The quantitative estimate of drug-likeness (QED) is 0.421. The van der Waals surface area contributed by atoms with Crippen LogP contribution in [0.25, 0.3) is 11.3 Å². The molecule has 2 aromatic rings. The Hall–Kier alpha value is -2.80. The van der Waals surface area contributed by atoms with Crippen molar-refractivity contribution in [1.82, 2.24) is 10.4 Å². The van der Waals surface area contributed by atoms with Gasteiger partial charge in [-0.15, -0.1) is 0 Å². The molecule has 108 valence electrons. The van der Waals surface area contributed by atoms with E-state index < -0.39 is 11.5 Å². The number of rotatable bonds is 2. The van der Waals surface area contributed by atoms with Gasteiger partial charge in [0.05, 0.1) is 0 Å². The number of nitrogens with two attached hydrogens (primary N) is 1. The standard InChI is InChI=1S/C14H13N3O4/c15-17-14(19)9-2-3-10(16-13(9)18)8-1-4-11-12(7-8)21-6-5-20-11/h1-4,7H,5-6,15H2,(H,16,18)(H,17,19). The molecule has 1 aromatic carbocycles. The lowest BCUT2D eigenvalue weighted by atomic mass is 10.1. The topological polar surface area (TPSA) is 106 Å². The summed E-state index contributed by atoms with van der Waals surface area (Å²) in [5.41, 5.74) is 2.71. The number of nitrogen functional groups attached to an aromatic ring is 1. The Morgan fingerprint density at radius 2 is 1.90 bits per heavy atom. The first-order valence-corrected chi connectivity index (χ1v) is 6.33. The Bertz CT molecular complexity index is 754. The first-order valence-electron chi connectivity index (χ1n) is 6.33. The minimum Gasteiger partial charge on any atom is -0.486 e. The zero-order valence-electron chi connectivity index (χ0n) is 11.0. The van der Waals surface area contributed by atoms with Crippen LogP contribution in [0, 0.1) is 0 Å². The number of carbonyl (C=O) groups is 1. The van der Waals surface area contributed by atoms with Crippen LogP contribution in [0.15, 0.2) is 35.1 Å². The number of pyridine rings is 1. The zero-order valence-corrected chi connectivity index (χ0v) is 11.0. The predicted octanol–water partition coefficient (Wildman–Crippen LogP) is 0.417. The summed E-state index contributed by atoms with van der Waals surface area (Å²) in [4.78, 5) is 25.9. The number of H-pyrrole nitrogens is 1. The molecular weight excluding hydrogens is 274 g/mol. The summed E-state index contributed by atoms with van der Waals surface area (Å²) in [6, 6.07) is 8.43. The molecule has 0 saturated heterocycles. The maximum atomic E-state index is 11.9. The van der Waals surface area contributed by atoms with Gasteiger partial charge in [0.25, 0.3) is 11.5 Å². The lowest BCUT2D eigenvalue weighted by Crippen LogP contribution is -2.34. The van der Waals surface area contributed by atoms with Gasteiger partial charge in [-0.05, 0) is 30.3 Å². The molecule has 21 heavy (non-hydrogen) atoms. The fourth-order valence-corrected chi connectivity index (χ4v) is 2.11. The van der Waals surface area contributed by atoms with E-state index in [2.05, 4.69) is 4.98 Å². The number of aromatic nitrogens is 1. The number of amides is 1. The van der Waals surface area contributed by atoms with Crippen LogP contribution in [0.4, 0.5) is 0 Å². The number of benzene rings is 1. The van der Waals surface area contributed by atoms with E-state index in [0.717, 1.165) is 5.56 Å². The van der Waals surface area contributed by atoms with Crippen molar-refractivity contribution in [2.24, 2.45) is 5.84 Å². The third-order valence-electron chi connectivity index (χ3n) is 3.14. The van der Waals surface area contributed by atoms with Gasteiger partial charge in [-0.1, -0.05) is 0 Å². The second-order valence-corrected chi connectivity index (χ2v) is 4.45. The first-order chi connectivity index (χ1) is 10.2. The molecule has 4 N–H and O–H groups in total. The van der Waals surface area contributed by atoms with Gasteiger partial charge in [-0.2, -0.15) is 0 Å². The van der Waals surface area contributed by atoms with E-state index in [4.69, 9.17) is 15.3 Å². The summed E-state index contributed by atoms with van der Waals surface area (Å²) in [6.07, 6.45) is 0. The number of hydrogen-bond acceptors (Lipinski definition) is 5. The van der Waals surface area contributed by atoms with Crippen molar-refractivity contribution < 1.29 is 14.3 Å². The van der Waals surface area contributed by atoms with Gasteiger partial charge in [0, 0.05) is 11.3 Å². The van der Waals surface area contributed by atoms with E-state index in [1.165, 1.54) is 6.07 Å². The van der Waals surface area contributed by atoms with E-state index in [1.807, 2.05) is 11.5 Å². The Labute approximate surface area is 119 Å². The fraction of sp³-hybridized carbons (Fsp3) is 0.143. The van der Waals surface area contributed by atoms with Gasteiger partial charge < -0.3 is 14.5 Å². The highest BCUT2D eigenvalue weighted by Crippen LogP contribution is 2.33. The summed E-state index contributed by atoms with van der Waals surface area (Å²) in [7, 11) is 0. The zero-order chi connectivity index (χ0) is 14.8. The molecule has 1 aliphatic heterocycles. The third-order valence-corrected chi connectivity index (χ3v) is 3.14. The molecule has 0 aliphatic carbocycles. The molecule has 0 fully saturated rings. The molecule has 0 bridgehead atoms. The van der Waals surface area contributed by atoms with Crippen LogP contribution < -0.4 is 26.3 Å². The van der Waals surface area contributed by atoms with Gasteiger partial charge in [0.15, 0.2) is 11.5 Å². The van der Waals surface area contributed by atoms with Crippen molar-refractivity contribution in [2.75, 3.05) is 13.2 Å². The molecule has 0 spiro atoms. The molecular formula is C14H13N3O4. The molecule has 7 heteroatoms. The molecule has 1 amide bonds.